The zero-order valence-electron chi connectivity index (χ0n) is 9.56. The monoisotopic (exact) mass is 226 g/mol. The Labute approximate surface area is 95.0 Å². The highest BCUT2D eigenvalue weighted by molar-refractivity contribution is 5.80. The fraction of sp³-hybridized carbons (Fsp3) is 0.818. The topological polar surface area (TPSA) is 60.9 Å². The van der Waals surface area contributed by atoms with E-state index in [0.717, 1.165) is 25.8 Å². The van der Waals surface area contributed by atoms with Crippen LogP contribution >= 0.6 is 0 Å². The Morgan fingerprint density at radius 1 is 1.38 bits per heavy atom. The normalized spacial score (nSPS) is 20.4. The number of carbonyl (C=O) groups is 2. The minimum atomic E-state index is -0.794. The number of amides is 2. The molecule has 90 valence electrons. The lowest BCUT2D eigenvalue weighted by Gasteiger charge is -2.40. The Morgan fingerprint density at radius 3 is 2.44 bits per heavy atom. The van der Waals surface area contributed by atoms with Gasteiger partial charge in [-0.1, -0.05) is 6.92 Å². The van der Waals surface area contributed by atoms with Gasteiger partial charge >= 0.3 is 12.0 Å². The van der Waals surface area contributed by atoms with Crippen molar-refractivity contribution in [1.82, 2.24) is 9.80 Å². The van der Waals surface area contributed by atoms with Crippen LogP contribution in [0.4, 0.5) is 4.79 Å². The van der Waals surface area contributed by atoms with E-state index in [9.17, 15) is 9.59 Å². The molecule has 0 aromatic carbocycles. The van der Waals surface area contributed by atoms with Crippen molar-refractivity contribution < 1.29 is 14.7 Å². The van der Waals surface area contributed by atoms with E-state index in [1.165, 1.54) is 0 Å². The van der Waals surface area contributed by atoms with Crippen LogP contribution in [0.3, 0.4) is 0 Å². The molecule has 2 aliphatic rings. The maximum Gasteiger partial charge on any atom is 0.320 e. The molecule has 1 heterocycles. The summed E-state index contributed by atoms with van der Waals surface area (Å²) in [6, 6.07) is 0.443. The smallest absolute Gasteiger partial charge is 0.320 e. The quantitative estimate of drug-likeness (QED) is 0.777. The van der Waals surface area contributed by atoms with Crippen molar-refractivity contribution in [2.24, 2.45) is 5.92 Å². The molecule has 1 aliphatic carbocycles. The van der Waals surface area contributed by atoms with Crippen LogP contribution in [0.5, 0.6) is 0 Å². The highest BCUT2D eigenvalue weighted by Gasteiger charge is 2.41. The Morgan fingerprint density at radius 2 is 2.00 bits per heavy atom. The maximum absolute atomic E-state index is 12.0. The molecule has 5 nitrogen and oxygen atoms in total. The second-order valence-corrected chi connectivity index (χ2v) is 4.65. The van der Waals surface area contributed by atoms with E-state index in [1.54, 1.807) is 4.90 Å². The Balaban J connectivity index is 1.85. The molecule has 5 heteroatoms. The van der Waals surface area contributed by atoms with Gasteiger partial charge in [-0.2, -0.15) is 0 Å². The van der Waals surface area contributed by atoms with Crippen molar-refractivity contribution in [2.75, 3.05) is 19.6 Å². The molecule has 0 aromatic heterocycles. The van der Waals surface area contributed by atoms with Gasteiger partial charge in [-0.15, -0.1) is 0 Å². The van der Waals surface area contributed by atoms with E-state index in [0.29, 0.717) is 19.1 Å². The predicted molar refractivity (Wildman–Crippen MR) is 58.1 cm³/mol. The average molecular weight is 226 g/mol. The molecule has 0 spiro atoms. The largest absolute Gasteiger partial charge is 0.481 e. The minimum absolute atomic E-state index is 0.0295. The van der Waals surface area contributed by atoms with E-state index < -0.39 is 5.97 Å². The van der Waals surface area contributed by atoms with Crippen molar-refractivity contribution in [3.63, 3.8) is 0 Å². The first-order chi connectivity index (χ1) is 7.63. The van der Waals surface area contributed by atoms with Crippen LogP contribution in [0.15, 0.2) is 0 Å². The maximum atomic E-state index is 12.0. The van der Waals surface area contributed by atoms with E-state index in [4.69, 9.17) is 5.11 Å². The number of carbonyl (C=O) groups excluding carboxylic acids is 1. The summed E-state index contributed by atoms with van der Waals surface area (Å²) < 4.78 is 0. The van der Waals surface area contributed by atoms with Crippen molar-refractivity contribution in [3.8, 4) is 0 Å². The lowest BCUT2D eigenvalue weighted by molar-refractivity contribution is -0.146. The van der Waals surface area contributed by atoms with E-state index >= 15 is 0 Å². The third-order valence-corrected chi connectivity index (χ3v) is 3.20. The molecule has 1 N–H and O–H groups in total. The van der Waals surface area contributed by atoms with Crippen LogP contribution in [0, 0.1) is 5.92 Å². The van der Waals surface area contributed by atoms with Crippen LogP contribution in [-0.4, -0.2) is 52.6 Å². The lowest BCUT2D eigenvalue weighted by atomic mass is 10.0. The lowest BCUT2D eigenvalue weighted by Crippen LogP contribution is -2.57. The van der Waals surface area contributed by atoms with Gasteiger partial charge in [0.2, 0.25) is 0 Å². The summed E-state index contributed by atoms with van der Waals surface area (Å²) in [4.78, 5) is 26.2. The first-order valence-corrected chi connectivity index (χ1v) is 5.91. The molecule has 0 atom stereocenters. The Bertz CT molecular complexity index is 296. The van der Waals surface area contributed by atoms with Gasteiger partial charge in [0.25, 0.3) is 0 Å². The van der Waals surface area contributed by atoms with Gasteiger partial charge in [0.1, 0.15) is 0 Å². The summed E-state index contributed by atoms with van der Waals surface area (Å²) in [5.41, 5.74) is 0. The Kier molecular flexibility index (Phi) is 3.03. The fourth-order valence-electron chi connectivity index (χ4n) is 2.03. The molecule has 2 fully saturated rings. The van der Waals surface area contributed by atoms with E-state index in [-0.39, 0.29) is 11.9 Å². The molecule has 1 saturated carbocycles. The predicted octanol–water partition coefficient (Wildman–Crippen LogP) is 0.997. The van der Waals surface area contributed by atoms with Crippen molar-refractivity contribution in [2.45, 2.75) is 32.2 Å². The van der Waals surface area contributed by atoms with Gasteiger partial charge in [0, 0.05) is 25.7 Å². The summed E-state index contributed by atoms with van der Waals surface area (Å²) in [7, 11) is 0. The molecule has 0 aromatic rings. The van der Waals surface area contributed by atoms with Crippen molar-refractivity contribution >= 4 is 12.0 Å². The molecule has 2 amide bonds. The van der Waals surface area contributed by atoms with Gasteiger partial charge in [-0.25, -0.2) is 4.79 Å². The SMILES string of the molecule is CCCN(C(=O)N1CC(C(=O)O)C1)C1CC1. The molecule has 1 saturated heterocycles. The molecular formula is C11H18N2O3. The summed E-state index contributed by atoms with van der Waals surface area (Å²) in [6.45, 7) is 3.60. The fourth-order valence-corrected chi connectivity index (χ4v) is 2.03. The van der Waals surface area contributed by atoms with Crippen LogP contribution < -0.4 is 0 Å². The molecule has 16 heavy (non-hydrogen) atoms. The number of carboxylic acid groups (broad SMARTS) is 1. The third-order valence-electron chi connectivity index (χ3n) is 3.20. The second-order valence-electron chi connectivity index (χ2n) is 4.65. The minimum Gasteiger partial charge on any atom is -0.481 e. The number of carboxylic acids is 1. The zero-order valence-corrected chi connectivity index (χ0v) is 9.56. The van der Waals surface area contributed by atoms with Crippen LogP contribution in [0.25, 0.3) is 0 Å². The Hall–Kier alpha value is -1.26. The van der Waals surface area contributed by atoms with Gasteiger partial charge in [0.05, 0.1) is 5.92 Å². The van der Waals surface area contributed by atoms with Crippen molar-refractivity contribution in [1.29, 1.82) is 0 Å². The second kappa shape index (κ2) is 4.31. The first-order valence-electron chi connectivity index (χ1n) is 5.91. The van der Waals surface area contributed by atoms with E-state index in [1.807, 2.05) is 4.90 Å². The van der Waals surface area contributed by atoms with Crippen LogP contribution in [0.2, 0.25) is 0 Å². The number of nitrogens with zero attached hydrogens (tertiary/aromatic N) is 2. The standard InChI is InChI=1S/C11H18N2O3/c1-2-5-13(9-3-4-9)11(16)12-6-8(7-12)10(14)15/h8-9H,2-7H2,1H3,(H,14,15). The van der Waals surface area contributed by atoms with Crippen LogP contribution in [0.1, 0.15) is 26.2 Å². The number of urea groups is 1. The molecule has 2 rings (SSSR count). The summed E-state index contributed by atoms with van der Waals surface area (Å²) in [6.07, 6.45) is 3.16. The first kappa shape index (κ1) is 11.2. The summed E-state index contributed by atoms with van der Waals surface area (Å²) >= 11 is 0. The number of rotatable bonds is 4. The van der Waals surface area contributed by atoms with Crippen LogP contribution in [-0.2, 0) is 4.79 Å². The number of hydrogen-bond acceptors (Lipinski definition) is 2. The van der Waals surface area contributed by atoms with Crippen molar-refractivity contribution in [3.05, 3.63) is 0 Å². The van der Waals surface area contributed by atoms with Gasteiger partial charge in [-0.3, -0.25) is 4.79 Å². The zero-order chi connectivity index (χ0) is 11.7. The number of hydrogen-bond donors (Lipinski definition) is 1. The number of aliphatic carboxylic acids is 1. The number of likely N-dealkylation sites (tertiary alicyclic amines) is 1. The van der Waals surface area contributed by atoms with Gasteiger partial charge in [-0.05, 0) is 19.3 Å². The summed E-state index contributed by atoms with van der Waals surface area (Å²) in [5, 5.41) is 8.74. The van der Waals surface area contributed by atoms with Gasteiger partial charge < -0.3 is 14.9 Å². The van der Waals surface area contributed by atoms with E-state index in [2.05, 4.69) is 6.92 Å². The average Bonchev–Trinajstić information content (AvgIpc) is 2.93. The third kappa shape index (κ3) is 2.13. The molecule has 1 aliphatic heterocycles. The summed E-state index contributed by atoms with van der Waals surface area (Å²) in [5.74, 6) is -1.15. The molecule has 0 unspecified atom stereocenters. The molecular weight excluding hydrogens is 208 g/mol. The van der Waals surface area contributed by atoms with Gasteiger partial charge in [0.15, 0.2) is 0 Å². The highest BCUT2D eigenvalue weighted by Crippen LogP contribution is 2.29. The molecule has 0 bridgehead atoms. The highest BCUT2D eigenvalue weighted by atomic mass is 16.4. The molecule has 0 radical (unpaired) electrons.